The number of rotatable bonds is 6. The maximum atomic E-state index is 12.6. The number of aromatic nitrogens is 2. The molecule has 0 unspecified atom stereocenters. The zero-order valence-corrected chi connectivity index (χ0v) is 12.5. The van der Waals surface area contributed by atoms with Gasteiger partial charge in [0.2, 0.25) is 5.82 Å². The molecule has 0 radical (unpaired) electrons. The Morgan fingerprint density at radius 1 is 1.35 bits per heavy atom. The lowest BCUT2D eigenvalue weighted by atomic mass is 10.5. The van der Waals surface area contributed by atoms with E-state index in [1.54, 1.807) is 6.92 Å². The van der Waals surface area contributed by atoms with E-state index in [0.717, 1.165) is 18.0 Å². The predicted octanol–water partition coefficient (Wildman–Crippen LogP) is 2.06. The molecule has 0 saturated carbocycles. The summed E-state index contributed by atoms with van der Waals surface area (Å²) < 4.78 is 59.9. The first-order chi connectivity index (χ1) is 9.12. The van der Waals surface area contributed by atoms with E-state index in [-0.39, 0.29) is 22.3 Å². The van der Waals surface area contributed by atoms with E-state index in [0.29, 0.717) is 6.54 Å². The van der Waals surface area contributed by atoms with Gasteiger partial charge in [0.15, 0.2) is 0 Å². The lowest BCUT2D eigenvalue weighted by Gasteiger charge is -2.10. The minimum Gasteiger partial charge on any atom is -0.370 e. The first-order valence-electron chi connectivity index (χ1n) is 5.62. The van der Waals surface area contributed by atoms with Crippen LogP contribution in [0, 0.1) is 0 Å². The summed E-state index contributed by atoms with van der Waals surface area (Å²) in [5.41, 5.74) is 0. The third kappa shape index (κ3) is 5.95. The van der Waals surface area contributed by atoms with Gasteiger partial charge in [0, 0.05) is 24.6 Å². The molecule has 1 heterocycles. The van der Waals surface area contributed by atoms with Crippen LogP contribution in [0.15, 0.2) is 11.1 Å². The lowest BCUT2D eigenvalue weighted by Crippen LogP contribution is -2.14. The second kappa shape index (κ2) is 6.61. The van der Waals surface area contributed by atoms with Crippen LogP contribution in [0.25, 0.3) is 0 Å². The summed E-state index contributed by atoms with van der Waals surface area (Å²) in [6.45, 7) is 2.15. The molecule has 0 aliphatic heterocycles. The molecule has 0 saturated heterocycles. The average Bonchev–Trinajstić information content (AvgIpc) is 2.26. The van der Waals surface area contributed by atoms with Crippen molar-refractivity contribution in [3.63, 3.8) is 0 Å². The Hall–Kier alpha value is -1.03. The number of nitrogens with zero attached hydrogens (tertiary/aromatic N) is 2. The molecule has 1 rings (SSSR count). The first-order valence-corrected chi connectivity index (χ1v) is 8.67. The molecule has 0 fully saturated rings. The molecule has 20 heavy (non-hydrogen) atoms. The normalized spacial score (nSPS) is 12.4. The van der Waals surface area contributed by atoms with Crippen molar-refractivity contribution in [2.75, 3.05) is 29.6 Å². The van der Waals surface area contributed by atoms with Gasteiger partial charge in [-0.25, -0.2) is 18.4 Å². The third-order valence-electron chi connectivity index (χ3n) is 2.02. The molecule has 0 amide bonds. The fraction of sp³-hybridized carbons (Fsp3) is 0.600. The Balaban J connectivity index is 2.91. The summed E-state index contributed by atoms with van der Waals surface area (Å²) in [5.74, 6) is -1.16. The van der Waals surface area contributed by atoms with Crippen LogP contribution in [0.4, 0.5) is 19.0 Å². The SMILES string of the molecule is CCNc1cc(SCCS(C)(=O)=O)nc(C(F)(F)F)n1. The van der Waals surface area contributed by atoms with Gasteiger partial charge in [-0.05, 0) is 6.92 Å². The van der Waals surface area contributed by atoms with Crippen molar-refractivity contribution in [1.82, 2.24) is 9.97 Å². The molecule has 0 aliphatic carbocycles. The number of nitrogens with one attached hydrogen (secondary N) is 1. The maximum Gasteiger partial charge on any atom is 0.451 e. The monoisotopic (exact) mass is 329 g/mol. The van der Waals surface area contributed by atoms with Crippen molar-refractivity contribution in [2.45, 2.75) is 18.1 Å². The van der Waals surface area contributed by atoms with Crippen LogP contribution < -0.4 is 5.32 Å². The Morgan fingerprint density at radius 3 is 2.50 bits per heavy atom. The summed E-state index contributed by atoms with van der Waals surface area (Å²) in [6.07, 6.45) is -3.57. The molecule has 0 aliphatic rings. The van der Waals surface area contributed by atoms with E-state index in [9.17, 15) is 21.6 Å². The van der Waals surface area contributed by atoms with Crippen LogP contribution in [0.5, 0.6) is 0 Å². The fourth-order valence-electron chi connectivity index (χ4n) is 1.19. The van der Waals surface area contributed by atoms with Gasteiger partial charge >= 0.3 is 6.18 Å². The summed E-state index contributed by atoms with van der Waals surface area (Å²) in [7, 11) is -3.16. The molecule has 5 nitrogen and oxygen atoms in total. The van der Waals surface area contributed by atoms with Gasteiger partial charge in [-0.1, -0.05) is 0 Å². The van der Waals surface area contributed by atoms with Gasteiger partial charge in [0.1, 0.15) is 20.7 Å². The Morgan fingerprint density at radius 2 is 2.00 bits per heavy atom. The molecule has 1 N–H and O–H groups in total. The highest BCUT2D eigenvalue weighted by atomic mass is 32.2. The van der Waals surface area contributed by atoms with Crippen LogP contribution in [0.1, 0.15) is 12.7 Å². The Bertz CT molecular complexity index is 561. The molecule has 10 heteroatoms. The summed E-state index contributed by atoms with van der Waals surface area (Å²) in [5, 5.41) is 2.77. The molecule has 0 aromatic carbocycles. The molecule has 1 aromatic rings. The molecule has 0 spiro atoms. The van der Waals surface area contributed by atoms with Gasteiger partial charge in [-0.15, -0.1) is 11.8 Å². The number of thioether (sulfide) groups is 1. The van der Waals surface area contributed by atoms with E-state index in [1.165, 1.54) is 6.07 Å². The van der Waals surface area contributed by atoms with Crippen molar-refractivity contribution < 1.29 is 21.6 Å². The summed E-state index contributed by atoms with van der Waals surface area (Å²) >= 11 is 0.947. The van der Waals surface area contributed by atoms with Gasteiger partial charge in [-0.3, -0.25) is 0 Å². The minimum absolute atomic E-state index is 0.0664. The second-order valence-corrected chi connectivity index (χ2v) is 7.30. The van der Waals surface area contributed by atoms with Crippen molar-refractivity contribution in [3.8, 4) is 0 Å². The quantitative estimate of drug-likeness (QED) is 0.636. The van der Waals surface area contributed by atoms with Crippen molar-refractivity contribution in [3.05, 3.63) is 11.9 Å². The van der Waals surface area contributed by atoms with Crippen molar-refractivity contribution >= 4 is 27.4 Å². The van der Waals surface area contributed by atoms with Crippen LogP contribution in [-0.2, 0) is 16.0 Å². The number of halogens is 3. The number of hydrogen-bond acceptors (Lipinski definition) is 6. The number of sulfone groups is 1. The van der Waals surface area contributed by atoms with E-state index < -0.39 is 21.8 Å². The predicted molar refractivity (Wildman–Crippen MR) is 71.6 cm³/mol. The topological polar surface area (TPSA) is 72.0 Å². The number of anilines is 1. The van der Waals surface area contributed by atoms with Crippen LogP contribution >= 0.6 is 11.8 Å². The molecule has 114 valence electrons. The van der Waals surface area contributed by atoms with E-state index in [4.69, 9.17) is 0 Å². The molecule has 0 atom stereocenters. The highest BCUT2D eigenvalue weighted by Gasteiger charge is 2.35. The number of alkyl halides is 3. The standard InChI is InChI=1S/C10H14F3N3O2S2/c1-3-14-7-6-8(19-4-5-20(2,17)18)16-9(15-7)10(11,12)13/h6H,3-5H2,1-2H3,(H,14,15,16). The smallest absolute Gasteiger partial charge is 0.370 e. The summed E-state index contributed by atoms with van der Waals surface area (Å²) in [4.78, 5) is 6.77. The van der Waals surface area contributed by atoms with Crippen molar-refractivity contribution in [2.24, 2.45) is 0 Å². The Labute approximate surface area is 119 Å². The van der Waals surface area contributed by atoms with E-state index >= 15 is 0 Å². The highest BCUT2D eigenvalue weighted by Crippen LogP contribution is 2.29. The highest BCUT2D eigenvalue weighted by molar-refractivity contribution is 8.00. The van der Waals surface area contributed by atoms with Gasteiger partial charge in [0.25, 0.3) is 0 Å². The van der Waals surface area contributed by atoms with E-state index in [1.807, 2.05) is 0 Å². The summed E-state index contributed by atoms with van der Waals surface area (Å²) in [6, 6.07) is 1.37. The van der Waals surface area contributed by atoms with E-state index in [2.05, 4.69) is 15.3 Å². The van der Waals surface area contributed by atoms with Crippen LogP contribution in [0.2, 0.25) is 0 Å². The zero-order valence-electron chi connectivity index (χ0n) is 10.9. The maximum absolute atomic E-state index is 12.6. The zero-order chi connectivity index (χ0) is 15.4. The molecular weight excluding hydrogens is 315 g/mol. The number of hydrogen-bond donors (Lipinski definition) is 1. The third-order valence-corrected chi connectivity index (χ3v) is 4.14. The van der Waals surface area contributed by atoms with Crippen molar-refractivity contribution in [1.29, 1.82) is 0 Å². The first kappa shape index (κ1) is 17.0. The van der Waals surface area contributed by atoms with Crippen LogP contribution in [0.3, 0.4) is 0 Å². The second-order valence-electron chi connectivity index (χ2n) is 3.92. The van der Waals surface area contributed by atoms with Gasteiger partial charge in [-0.2, -0.15) is 13.2 Å². The Kier molecular flexibility index (Phi) is 5.63. The minimum atomic E-state index is -4.64. The lowest BCUT2D eigenvalue weighted by molar-refractivity contribution is -0.145. The molecule has 1 aromatic heterocycles. The van der Waals surface area contributed by atoms with Gasteiger partial charge < -0.3 is 5.32 Å². The van der Waals surface area contributed by atoms with Gasteiger partial charge in [0.05, 0.1) is 5.75 Å². The fourth-order valence-corrected chi connectivity index (χ4v) is 3.29. The largest absolute Gasteiger partial charge is 0.451 e. The van der Waals surface area contributed by atoms with Crippen LogP contribution in [-0.4, -0.2) is 42.7 Å². The molecular formula is C10H14F3N3O2S2. The average molecular weight is 329 g/mol. The molecule has 0 bridgehead atoms.